The van der Waals surface area contributed by atoms with Crippen molar-refractivity contribution in [3.05, 3.63) is 80.1 Å². The van der Waals surface area contributed by atoms with Crippen molar-refractivity contribution in [2.75, 3.05) is 24.7 Å². The van der Waals surface area contributed by atoms with Crippen LogP contribution in [-0.4, -0.2) is 41.8 Å². The van der Waals surface area contributed by atoms with Crippen molar-refractivity contribution < 1.29 is 14.7 Å². The van der Waals surface area contributed by atoms with Crippen LogP contribution < -0.4 is 21.5 Å². The largest absolute Gasteiger partial charge is 0.505 e. The van der Waals surface area contributed by atoms with Gasteiger partial charge in [-0.1, -0.05) is 57.2 Å². The average molecular weight is 492 g/mol. The normalized spacial score (nSPS) is 12.8. The molecule has 3 rings (SSSR count). The van der Waals surface area contributed by atoms with E-state index in [1.807, 2.05) is 51.1 Å². The van der Waals surface area contributed by atoms with E-state index in [-0.39, 0.29) is 46.0 Å². The zero-order chi connectivity index (χ0) is 26.6. The van der Waals surface area contributed by atoms with Crippen LogP contribution in [0.4, 0.5) is 17.1 Å². The first-order valence-corrected chi connectivity index (χ1v) is 12.0. The molecule has 0 unspecified atom stereocenters. The number of phenolic OH excluding ortho intramolecular Hbond substituents is 1. The van der Waals surface area contributed by atoms with Crippen molar-refractivity contribution in [3.63, 3.8) is 0 Å². The molecule has 0 bridgehead atoms. The van der Waals surface area contributed by atoms with Gasteiger partial charge in [0, 0.05) is 20.5 Å². The van der Waals surface area contributed by atoms with Crippen molar-refractivity contribution in [1.29, 1.82) is 0 Å². The van der Waals surface area contributed by atoms with E-state index in [1.165, 1.54) is 17.0 Å². The number of benzene rings is 2. The van der Waals surface area contributed by atoms with Gasteiger partial charge in [0.15, 0.2) is 11.5 Å². The highest BCUT2D eigenvalue weighted by atomic mass is 16.3. The molecule has 190 valence electrons. The second kappa shape index (κ2) is 11.2. The van der Waals surface area contributed by atoms with Crippen LogP contribution in [0, 0.1) is 5.92 Å². The van der Waals surface area contributed by atoms with E-state index in [2.05, 4.69) is 10.6 Å². The fourth-order valence-corrected chi connectivity index (χ4v) is 4.21. The summed E-state index contributed by atoms with van der Waals surface area (Å²) in [6.45, 7) is 5.78. The molecular formula is C28H33N3O5. The monoisotopic (exact) mass is 491 g/mol. The van der Waals surface area contributed by atoms with Gasteiger partial charge < -0.3 is 20.6 Å². The Morgan fingerprint density at radius 1 is 0.944 bits per heavy atom. The molecule has 0 saturated heterocycles. The number of amides is 1. The molecule has 0 aliphatic heterocycles. The molecule has 2 atom stereocenters. The number of hydrogen-bond donors (Lipinski definition) is 3. The molecule has 0 radical (unpaired) electrons. The van der Waals surface area contributed by atoms with Crippen LogP contribution in [0.25, 0.3) is 0 Å². The Bertz CT molecular complexity index is 1310. The summed E-state index contributed by atoms with van der Waals surface area (Å²) in [4.78, 5) is 51.8. The van der Waals surface area contributed by atoms with Gasteiger partial charge in [-0.25, -0.2) is 0 Å². The highest BCUT2D eigenvalue weighted by Gasteiger charge is 2.30. The van der Waals surface area contributed by atoms with Crippen LogP contribution in [0.2, 0.25) is 0 Å². The summed E-state index contributed by atoms with van der Waals surface area (Å²) < 4.78 is 0. The summed E-state index contributed by atoms with van der Waals surface area (Å²) >= 11 is 0. The summed E-state index contributed by atoms with van der Waals surface area (Å²) in [5.41, 5.74) is -0.282. The van der Waals surface area contributed by atoms with Gasteiger partial charge in [0.05, 0.1) is 17.3 Å². The SMILES string of the molecule is CC[C@@H](CC(=O)[C@H](Nc1c(Nc2cccc(C(=O)N(C)C)c2O)c(=O)c1=O)C(C)C)c1ccccc1. The number of nitrogens with one attached hydrogen (secondary N) is 2. The lowest BCUT2D eigenvalue weighted by Crippen LogP contribution is -2.43. The van der Waals surface area contributed by atoms with Crippen LogP contribution in [0.15, 0.2) is 58.1 Å². The van der Waals surface area contributed by atoms with E-state index < -0.39 is 22.8 Å². The third-order valence-electron chi connectivity index (χ3n) is 6.37. The number of hydrogen-bond acceptors (Lipinski definition) is 7. The first kappa shape index (κ1) is 26.7. The third kappa shape index (κ3) is 5.48. The second-order valence-electron chi connectivity index (χ2n) is 9.49. The number of carbonyl (C=O) groups excluding carboxylic acids is 2. The summed E-state index contributed by atoms with van der Waals surface area (Å²) in [6.07, 6.45) is 1.08. The highest BCUT2D eigenvalue weighted by molar-refractivity contribution is 5.99. The van der Waals surface area contributed by atoms with Gasteiger partial charge in [-0.05, 0) is 36.0 Å². The van der Waals surface area contributed by atoms with Gasteiger partial charge in [0.25, 0.3) is 16.8 Å². The number of nitrogens with zero attached hydrogens (tertiary/aromatic N) is 1. The van der Waals surface area contributed by atoms with E-state index >= 15 is 0 Å². The predicted molar refractivity (Wildman–Crippen MR) is 142 cm³/mol. The summed E-state index contributed by atoms with van der Waals surface area (Å²) in [6, 6.07) is 13.7. The minimum absolute atomic E-state index is 0.00329. The average Bonchev–Trinajstić information content (AvgIpc) is 2.87. The smallest absolute Gasteiger partial charge is 0.257 e. The molecule has 36 heavy (non-hydrogen) atoms. The lowest BCUT2D eigenvalue weighted by Gasteiger charge is -2.26. The Labute approximate surface area is 210 Å². The Kier molecular flexibility index (Phi) is 8.29. The molecule has 0 spiro atoms. The maximum Gasteiger partial charge on any atom is 0.257 e. The van der Waals surface area contributed by atoms with E-state index in [4.69, 9.17) is 0 Å². The lowest BCUT2D eigenvalue weighted by atomic mass is 9.87. The summed E-state index contributed by atoms with van der Waals surface area (Å²) in [5, 5.41) is 16.4. The van der Waals surface area contributed by atoms with Crippen LogP contribution in [0.5, 0.6) is 5.75 Å². The Balaban J connectivity index is 1.84. The molecule has 0 saturated carbocycles. The summed E-state index contributed by atoms with van der Waals surface area (Å²) in [5.74, 6) is -0.895. The molecular weight excluding hydrogens is 458 g/mol. The number of phenols is 1. The Morgan fingerprint density at radius 2 is 1.58 bits per heavy atom. The Hall–Kier alpha value is -3.94. The van der Waals surface area contributed by atoms with Crippen LogP contribution >= 0.6 is 0 Å². The van der Waals surface area contributed by atoms with Gasteiger partial charge in [-0.3, -0.25) is 19.2 Å². The van der Waals surface area contributed by atoms with E-state index in [1.54, 1.807) is 20.2 Å². The molecule has 0 aliphatic carbocycles. The van der Waals surface area contributed by atoms with Gasteiger partial charge >= 0.3 is 0 Å². The van der Waals surface area contributed by atoms with Crippen molar-refractivity contribution in [1.82, 2.24) is 4.90 Å². The molecule has 0 aromatic heterocycles. The summed E-state index contributed by atoms with van der Waals surface area (Å²) in [7, 11) is 3.12. The maximum absolute atomic E-state index is 13.3. The predicted octanol–water partition coefficient (Wildman–Crippen LogP) is 4.02. The number of para-hydroxylation sites is 1. The minimum atomic E-state index is -0.757. The molecule has 8 heteroatoms. The fraction of sp³-hybridized carbons (Fsp3) is 0.357. The molecule has 0 fully saturated rings. The number of Topliss-reactive ketones (excluding diaryl/α,β-unsaturated/α-hetero) is 1. The van der Waals surface area contributed by atoms with Crippen LogP contribution in [0.3, 0.4) is 0 Å². The van der Waals surface area contributed by atoms with E-state index in [9.17, 15) is 24.3 Å². The van der Waals surface area contributed by atoms with Crippen molar-refractivity contribution in [2.24, 2.45) is 5.92 Å². The number of anilines is 3. The lowest BCUT2D eigenvalue weighted by molar-refractivity contribution is -0.121. The second-order valence-corrected chi connectivity index (χ2v) is 9.49. The molecule has 3 aromatic rings. The number of aromatic hydroxyl groups is 1. The zero-order valence-corrected chi connectivity index (χ0v) is 21.3. The Morgan fingerprint density at radius 3 is 2.17 bits per heavy atom. The first-order valence-electron chi connectivity index (χ1n) is 12.0. The van der Waals surface area contributed by atoms with Crippen LogP contribution in [-0.2, 0) is 4.79 Å². The molecule has 0 heterocycles. The van der Waals surface area contributed by atoms with Gasteiger partial charge in [0.1, 0.15) is 11.4 Å². The first-order chi connectivity index (χ1) is 17.1. The van der Waals surface area contributed by atoms with E-state index in [0.717, 1.165) is 12.0 Å². The molecule has 8 nitrogen and oxygen atoms in total. The number of rotatable bonds is 11. The third-order valence-corrected chi connectivity index (χ3v) is 6.37. The topological polar surface area (TPSA) is 116 Å². The van der Waals surface area contributed by atoms with Gasteiger partial charge in [-0.15, -0.1) is 0 Å². The van der Waals surface area contributed by atoms with Crippen molar-refractivity contribution in [3.8, 4) is 5.75 Å². The standard InChI is InChI=1S/C28H33N3O5/c1-6-17(18-11-8-7-9-12-18)15-21(32)22(16(2)3)30-24-23(26(34)27(24)35)29-20-14-10-13-19(25(20)33)28(36)31(4)5/h7-14,16-17,22,29-30,33H,6,15H2,1-5H3/t17-,22+/m0/s1. The van der Waals surface area contributed by atoms with Gasteiger partial charge in [-0.2, -0.15) is 0 Å². The van der Waals surface area contributed by atoms with Crippen molar-refractivity contribution in [2.45, 2.75) is 45.6 Å². The fourth-order valence-electron chi connectivity index (χ4n) is 4.21. The minimum Gasteiger partial charge on any atom is -0.505 e. The molecule has 3 aromatic carbocycles. The maximum atomic E-state index is 13.3. The zero-order valence-electron chi connectivity index (χ0n) is 21.3. The quantitative estimate of drug-likeness (QED) is 0.274. The van der Waals surface area contributed by atoms with E-state index in [0.29, 0.717) is 6.42 Å². The van der Waals surface area contributed by atoms with Gasteiger partial charge in [0.2, 0.25) is 0 Å². The molecule has 0 aliphatic rings. The highest BCUT2D eigenvalue weighted by Crippen LogP contribution is 2.33. The molecule has 3 N–H and O–H groups in total. The number of carbonyl (C=O) groups is 2. The van der Waals surface area contributed by atoms with Crippen molar-refractivity contribution >= 4 is 28.8 Å². The van der Waals surface area contributed by atoms with Crippen LogP contribution in [0.1, 0.15) is 55.5 Å². The number of ketones is 1. The molecule has 1 amide bonds.